The first-order valence-corrected chi connectivity index (χ1v) is 4.58. The molecular weight excluding hydrogens is 176 g/mol. The maximum absolute atomic E-state index is 8.79. The van der Waals surface area contributed by atoms with Gasteiger partial charge in [-0.3, -0.25) is 10.4 Å². The highest BCUT2D eigenvalue weighted by Crippen LogP contribution is 2.33. The molecule has 1 heterocycles. The molecule has 0 aromatic heterocycles. The van der Waals surface area contributed by atoms with Crippen LogP contribution in [-0.2, 0) is 0 Å². The lowest BCUT2D eigenvalue weighted by Crippen LogP contribution is -2.37. The van der Waals surface area contributed by atoms with Gasteiger partial charge in [0.1, 0.15) is 0 Å². The lowest BCUT2D eigenvalue weighted by molar-refractivity contribution is 0.392. The van der Waals surface area contributed by atoms with Crippen LogP contribution >= 0.6 is 0 Å². The molecule has 0 radical (unpaired) electrons. The Kier molecular flexibility index (Phi) is 2.02. The fourth-order valence-corrected chi connectivity index (χ4v) is 1.69. The fraction of sp³-hybridized carbons (Fsp3) is 0.300. The highest BCUT2D eigenvalue weighted by molar-refractivity contribution is 5.74. The summed E-state index contributed by atoms with van der Waals surface area (Å²) in [6.45, 7) is 2.96. The van der Waals surface area contributed by atoms with E-state index in [1.54, 1.807) is 0 Å². The SMILES string of the molecule is CCN1c2cc(C#N)ccc2NN1C. The van der Waals surface area contributed by atoms with E-state index in [2.05, 4.69) is 23.4 Å². The van der Waals surface area contributed by atoms with E-state index in [1.807, 2.05) is 30.4 Å². The molecule has 1 aromatic carbocycles. The molecule has 0 atom stereocenters. The van der Waals surface area contributed by atoms with Crippen molar-refractivity contribution < 1.29 is 0 Å². The Morgan fingerprint density at radius 2 is 2.29 bits per heavy atom. The zero-order chi connectivity index (χ0) is 10.1. The Labute approximate surface area is 83.3 Å². The van der Waals surface area contributed by atoms with Crippen LogP contribution in [0.2, 0.25) is 0 Å². The molecule has 2 rings (SSSR count). The lowest BCUT2D eigenvalue weighted by atomic mass is 10.2. The largest absolute Gasteiger partial charge is 0.299 e. The molecule has 0 spiro atoms. The number of hydrogen-bond acceptors (Lipinski definition) is 4. The number of rotatable bonds is 1. The summed E-state index contributed by atoms with van der Waals surface area (Å²) in [5.74, 6) is 0. The van der Waals surface area contributed by atoms with Gasteiger partial charge in [0.2, 0.25) is 0 Å². The number of nitrogens with one attached hydrogen (secondary N) is 1. The van der Waals surface area contributed by atoms with Gasteiger partial charge in [-0.05, 0) is 25.1 Å². The topological polar surface area (TPSA) is 42.3 Å². The Morgan fingerprint density at radius 3 is 2.93 bits per heavy atom. The molecular formula is C10H12N4. The minimum Gasteiger partial charge on any atom is -0.299 e. The summed E-state index contributed by atoms with van der Waals surface area (Å²) in [6, 6.07) is 7.79. The van der Waals surface area contributed by atoms with E-state index in [0.29, 0.717) is 5.56 Å². The van der Waals surface area contributed by atoms with Gasteiger partial charge in [0, 0.05) is 13.6 Å². The summed E-state index contributed by atoms with van der Waals surface area (Å²) in [5, 5.41) is 12.8. The van der Waals surface area contributed by atoms with Gasteiger partial charge < -0.3 is 0 Å². The van der Waals surface area contributed by atoms with Crippen molar-refractivity contribution in [1.29, 1.82) is 5.26 Å². The molecule has 1 aromatic rings. The van der Waals surface area contributed by atoms with Crippen molar-refractivity contribution in [3.05, 3.63) is 23.8 Å². The molecule has 0 bridgehead atoms. The number of anilines is 2. The van der Waals surface area contributed by atoms with Gasteiger partial charge in [-0.15, -0.1) is 5.12 Å². The molecule has 1 aliphatic heterocycles. The van der Waals surface area contributed by atoms with Crippen LogP contribution in [0.4, 0.5) is 11.4 Å². The molecule has 0 unspecified atom stereocenters. The van der Waals surface area contributed by atoms with Crippen molar-refractivity contribution in [2.75, 3.05) is 24.0 Å². The molecule has 0 saturated carbocycles. The molecule has 1 aliphatic rings. The minimum absolute atomic E-state index is 0.694. The zero-order valence-corrected chi connectivity index (χ0v) is 8.28. The molecule has 0 fully saturated rings. The van der Waals surface area contributed by atoms with E-state index in [0.717, 1.165) is 17.9 Å². The third-order valence-electron chi connectivity index (χ3n) is 2.35. The van der Waals surface area contributed by atoms with Crippen LogP contribution < -0.4 is 10.4 Å². The van der Waals surface area contributed by atoms with E-state index < -0.39 is 0 Å². The standard InChI is InChI=1S/C10H12N4/c1-3-14-10-6-8(7-11)4-5-9(10)12-13(14)2/h4-6,12H,3H2,1-2H3. The van der Waals surface area contributed by atoms with Crippen molar-refractivity contribution >= 4 is 11.4 Å². The number of nitrogens with zero attached hydrogens (tertiary/aromatic N) is 3. The summed E-state index contributed by atoms with van der Waals surface area (Å²) < 4.78 is 0. The van der Waals surface area contributed by atoms with Crippen LogP contribution in [0.1, 0.15) is 12.5 Å². The third kappa shape index (κ3) is 1.19. The van der Waals surface area contributed by atoms with E-state index in [9.17, 15) is 0 Å². The van der Waals surface area contributed by atoms with Gasteiger partial charge in [-0.1, -0.05) is 0 Å². The highest BCUT2D eigenvalue weighted by Gasteiger charge is 2.22. The maximum Gasteiger partial charge on any atom is 0.0992 e. The summed E-state index contributed by atoms with van der Waals surface area (Å²) in [7, 11) is 1.95. The molecule has 0 saturated heterocycles. The maximum atomic E-state index is 8.79. The first-order valence-electron chi connectivity index (χ1n) is 4.58. The van der Waals surface area contributed by atoms with Gasteiger partial charge in [0.25, 0.3) is 0 Å². The van der Waals surface area contributed by atoms with Crippen LogP contribution in [0, 0.1) is 11.3 Å². The molecule has 14 heavy (non-hydrogen) atoms. The Hall–Kier alpha value is -1.73. The van der Waals surface area contributed by atoms with Crippen LogP contribution in [0.3, 0.4) is 0 Å². The minimum atomic E-state index is 0.694. The van der Waals surface area contributed by atoms with Crippen molar-refractivity contribution in [1.82, 2.24) is 5.12 Å². The number of hydrogen-bond donors (Lipinski definition) is 1. The predicted molar refractivity (Wildman–Crippen MR) is 55.6 cm³/mol. The van der Waals surface area contributed by atoms with Gasteiger partial charge in [0.15, 0.2) is 0 Å². The van der Waals surface area contributed by atoms with E-state index in [1.165, 1.54) is 0 Å². The second kappa shape index (κ2) is 3.20. The van der Waals surface area contributed by atoms with E-state index >= 15 is 0 Å². The average Bonchev–Trinajstić information content (AvgIpc) is 2.52. The van der Waals surface area contributed by atoms with Gasteiger partial charge in [0.05, 0.1) is 23.0 Å². The fourth-order valence-electron chi connectivity index (χ4n) is 1.69. The van der Waals surface area contributed by atoms with Gasteiger partial charge in [-0.25, -0.2) is 0 Å². The number of benzene rings is 1. The Bertz CT molecular complexity index is 394. The molecule has 0 amide bonds. The summed E-state index contributed by atoms with van der Waals surface area (Å²) in [5.41, 5.74) is 6.01. The van der Waals surface area contributed by atoms with Crippen LogP contribution in [-0.4, -0.2) is 18.7 Å². The predicted octanol–water partition coefficient (Wildman–Crippen LogP) is 1.57. The molecule has 72 valence electrons. The van der Waals surface area contributed by atoms with Crippen molar-refractivity contribution in [2.24, 2.45) is 0 Å². The monoisotopic (exact) mass is 188 g/mol. The molecule has 0 aliphatic carbocycles. The third-order valence-corrected chi connectivity index (χ3v) is 2.35. The molecule has 4 heteroatoms. The van der Waals surface area contributed by atoms with Crippen LogP contribution in [0.15, 0.2) is 18.2 Å². The number of hydrazine groups is 2. The second-order valence-electron chi connectivity index (χ2n) is 3.19. The van der Waals surface area contributed by atoms with Gasteiger partial charge in [-0.2, -0.15) is 5.26 Å². The Balaban J connectivity index is 2.46. The summed E-state index contributed by atoms with van der Waals surface area (Å²) >= 11 is 0. The summed E-state index contributed by atoms with van der Waals surface area (Å²) in [4.78, 5) is 0. The van der Waals surface area contributed by atoms with Crippen molar-refractivity contribution in [3.8, 4) is 6.07 Å². The van der Waals surface area contributed by atoms with Crippen LogP contribution in [0.5, 0.6) is 0 Å². The average molecular weight is 188 g/mol. The van der Waals surface area contributed by atoms with Crippen LogP contribution in [0.25, 0.3) is 0 Å². The van der Waals surface area contributed by atoms with E-state index in [4.69, 9.17) is 5.26 Å². The second-order valence-corrected chi connectivity index (χ2v) is 3.19. The normalized spacial score (nSPS) is 14.8. The summed E-state index contributed by atoms with van der Waals surface area (Å²) in [6.07, 6.45) is 0. The zero-order valence-electron chi connectivity index (χ0n) is 8.28. The van der Waals surface area contributed by atoms with Crippen molar-refractivity contribution in [2.45, 2.75) is 6.92 Å². The highest BCUT2D eigenvalue weighted by atomic mass is 15.8. The molecule has 4 nitrogen and oxygen atoms in total. The molecule has 1 N–H and O–H groups in total. The first-order chi connectivity index (χ1) is 6.76. The van der Waals surface area contributed by atoms with E-state index in [-0.39, 0.29) is 0 Å². The smallest absolute Gasteiger partial charge is 0.0992 e. The Morgan fingerprint density at radius 1 is 1.50 bits per heavy atom. The number of nitriles is 1. The first kappa shape index (κ1) is 8.85. The number of fused-ring (bicyclic) bond motifs is 1. The lowest BCUT2D eigenvalue weighted by Gasteiger charge is -2.23. The van der Waals surface area contributed by atoms with Crippen molar-refractivity contribution in [3.63, 3.8) is 0 Å². The van der Waals surface area contributed by atoms with Gasteiger partial charge >= 0.3 is 0 Å². The quantitative estimate of drug-likeness (QED) is 0.726.